The number of anilines is 1. The maximum absolute atomic E-state index is 12.7. The van der Waals surface area contributed by atoms with E-state index in [-0.39, 0.29) is 28.5 Å². The number of nitrogens with one attached hydrogen (secondary N) is 1. The molecule has 3 N–H and O–H groups in total. The van der Waals surface area contributed by atoms with Crippen molar-refractivity contribution in [3.05, 3.63) is 94.6 Å². The minimum atomic E-state index is -1.14. The number of hydrogen-bond acceptors (Lipinski definition) is 5. The number of fused-ring (bicyclic) bond motifs is 1. The highest BCUT2D eigenvalue weighted by Gasteiger charge is 2.28. The second-order valence-corrected chi connectivity index (χ2v) is 8.49. The standard InChI is InChI=1S/C28H19ClN2O5/c1-36-24-11-6-15(12-19(24)28(34)35)13-20-26-22(30-27(20)33)14-21(29)25(31-26)17-9-7-16(8-10-17)18-4-2-3-5-23(18)32/h2-14,32H,1H3,(H,30,33)(H,34,35). The van der Waals surface area contributed by atoms with Gasteiger partial charge in [0.2, 0.25) is 0 Å². The minimum Gasteiger partial charge on any atom is -0.507 e. The molecule has 0 aliphatic carbocycles. The lowest BCUT2D eigenvalue weighted by Crippen LogP contribution is -2.04. The maximum atomic E-state index is 12.7. The van der Waals surface area contributed by atoms with E-state index in [4.69, 9.17) is 16.3 Å². The lowest BCUT2D eigenvalue weighted by atomic mass is 10.0. The van der Waals surface area contributed by atoms with E-state index in [1.807, 2.05) is 36.4 Å². The molecule has 0 atom stereocenters. The van der Waals surface area contributed by atoms with Crippen molar-refractivity contribution in [3.8, 4) is 33.9 Å². The summed E-state index contributed by atoms with van der Waals surface area (Å²) in [4.78, 5) is 29.0. The van der Waals surface area contributed by atoms with Crippen LogP contribution in [-0.4, -0.2) is 34.2 Å². The number of methoxy groups -OCH3 is 1. The van der Waals surface area contributed by atoms with Gasteiger partial charge in [0.1, 0.15) is 22.8 Å². The van der Waals surface area contributed by atoms with Gasteiger partial charge >= 0.3 is 5.97 Å². The number of carboxylic acid groups (broad SMARTS) is 1. The Balaban J connectivity index is 1.55. The van der Waals surface area contributed by atoms with Gasteiger partial charge < -0.3 is 20.3 Å². The van der Waals surface area contributed by atoms with Crippen molar-refractivity contribution in [2.24, 2.45) is 0 Å². The number of phenols is 1. The topological polar surface area (TPSA) is 109 Å². The van der Waals surface area contributed by atoms with E-state index in [1.54, 1.807) is 30.3 Å². The molecule has 178 valence electrons. The Bertz CT molecular complexity index is 1560. The zero-order valence-corrected chi connectivity index (χ0v) is 19.7. The number of carboxylic acids is 1. The highest BCUT2D eigenvalue weighted by Crippen LogP contribution is 2.39. The number of carbonyl (C=O) groups is 2. The van der Waals surface area contributed by atoms with Crippen LogP contribution in [-0.2, 0) is 4.79 Å². The molecule has 0 unspecified atom stereocenters. The van der Waals surface area contributed by atoms with Crippen molar-refractivity contribution in [1.82, 2.24) is 4.98 Å². The lowest BCUT2D eigenvalue weighted by Gasteiger charge is -2.09. The first-order valence-electron chi connectivity index (χ1n) is 10.9. The molecule has 8 heteroatoms. The van der Waals surface area contributed by atoms with Crippen molar-refractivity contribution in [1.29, 1.82) is 0 Å². The molecular weight excluding hydrogens is 480 g/mol. The molecule has 36 heavy (non-hydrogen) atoms. The Hall–Kier alpha value is -4.62. The molecule has 0 bridgehead atoms. The number of para-hydroxylation sites is 1. The molecular formula is C28H19ClN2O5. The Labute approximate surface area is 211 Å². The SMILES string of the molecule is COc1ccc(C=C2C(=O)Nc3cc(Cl)c(-c4ccc(-c5ccccc5O)cc4)nc32)cc1C(=O)O. The van der Waals surface area contributed by atoms with Gasteiger partial charge in [0, 0.05) is 11.1 Å². The number of ether oxygens (including phenoxy) is 1. The Kier molecular flexibility index (Phi) is 5.91. The van der Waals surface area contributed by atoms with E-state index in [1.165, 1.54) is 19.2 Å². The van der Waals surface area contributed by atoms with Crippen molar-refractivity contribution in [3.63, 3.8) is 0 Å². The Morgan fingerprint density at radius 1 is 1.00 bits per heavy atom. The molecule has 0 radical (unpaired) electrons. The lowest BCUT2D eigenvalue weighted by molar-refractivity contribution is -0.110. The zero-order valence-electron chi connectivity index (χ0n) is 18.9. The second-order valence-electron chi connectivity index (χ2n) is 8.09. The summed E-state index contributed by atoms with van der Waals surface area (Å²) in [6.45, 7) is 0. The van der Waals surface area contributed by atoms with Crippen LogP contribution in [0.3, 0.4) is 0 Å². The fourth-order valence-corrected chi connectivity index (χ4v) is 4.36. The van der Waals surface area contributed by atoms with Crippen LogP contribution in [0.25, 0.3) is 34.0 Å². The van der Waals surface area contributed by atoms with Gasteiger partial charge in [0.05, 0.1) is 29.1 Å². The highest BCUT2D eigenvalue weighted by atomic mass is 35.5. The maximum Gasteiger partial charge on any atom is 0.339 e. The van der Waals surface area contributed by atoms with E-state index in [2.05, 4.69) is 10.3 Å². The van der Waals surface area contributed by atoms with E-state index in [0.29, 0.717) is 33.2 Å². The van der Waals surface area contributed by atoms with Crippen LogP contribution in [0.2, 0.25) is 5.02 Å². The predicted molar refractivity (Wildman–Crippen MR) is 138 cm³/mol. The van der Waals surface area contributed by atoms with Gasteiger partial charge in [0.25, 0.3) is 5.91 Å². The van der Waals surface area contributed by atoms with Crippen LogP contribution >= 0.6 is 11.6 Å². The predicted octanol–water partition coefficient (Wildman–Crippen LogP) is 5.97. The summed E-state index contributed by atoms with van der Waals surface area (Å²) in [5.41, 5.74) is 4.43. The molecule has 0 saturated heterocycles. The summed E-state index contributed by atoms with van der Waals surface area (Å²) in [6.07, 6.45) is 1.58. The summed E-state index contributed by atoms with van der Waals surface area (Å²) in [6, 6.07) is 20.8. The number of hydrogen-bond donors (Lipinski definition) is 3. The Morgan fingerprint density at radius 3 is 2.42 bits per heavy atom. The van der Waals surface area contributed by atoms with Gasteiger partial charge in [-0.05, 0) is 41.5 Å². The summed E-state index contributed by atoms with van der Waals surface area (Å²) in [5, 5.41) is 22.7. The third-order valence-corrected chi connectivity index (χ3v) is 6.15. The van der Waals surface area contributed by atoms with Crippen molar-refractivity contribution in [2.75, 3.05) is 12.4 Å². The van der Waals surface area contributed by atoms with E-state index < -0.39 is 5.97 Å². The number of amides is 1. The largest absolute Gasteiger partial charge is 0.507 e. The number of nitrogens with zero attached hydrogens (tertiary/aromatic N) is 1. The number of aromatic hydroxyl groups is 1. The first-order chi connectivity index (χ1) is 17.4. The van der Waals surface area contributed by atoms with E-state index >= 15 is 0 Å². The van der Waals surface area contributed by atoms with Gasteiger partial charge in [-0.1, -0.05) is 60.1 Å². The van der Waals surface area contributed by atoms with Crippen LogP contribution < -0.4 is 10.1 Å². The van der Waals surface area contributed by atoms with E-state index in [9.17, 15) is 19.8 Å². The quantitative estimate of drug-likeness (QED) is 0.292. The summed E-state index contributed by atoms with van der Waals surface area (Å²) >= 11 is 6.52. The fourth-order valence-electron chi connectivity index (χ4n) is 4.10. The molecule has 0 saturated carbocycles. The average Bonchev–Trinajstić information content (AvgIpc) is 3.17. The first kappa shape index (κ1) is 23.1. The van der Waals surface area contributed by atoms with Gasteiger partial charge in [-0.25, -0.2) is 9.78 Å². The van der Waals surface area contributed by atoms with Gasteiger partial charge in [-0.15, -0.1) is 0 Å². The molecule has 5 rings (SSSR count). The first-order valence-corrected chi connectivity index (χ1v) is 11.3. The molecule has 1 aromatic heterocycles. The van der Waals surface area contributed by atoms with Crippen LogP contribution in [0.15, 0.2) is 72.8 Å². The highest BCUT2D eigenvalue weighted by molar-refractivity contribution is 6.37. The summed E-state index contributed by atoms with van der Waals surface area (Å²) < 4.78 is 5.11. The van der Waals surface area contributed by atoms with Crippen LogP contribution in [0, 0.1) is 0 Å². The van der Waals surface area contributed by atoms with Gasteiger partial charge in [0.15, 0.2) is 0 Å². The number of phenolic OH excluding ortho intramolecular Hbond substituents is 1. The van der Waals surface area contributed by atoms with Crippen molar-refractivity contribution < 1.29 is 24.5 Å². The summed E-state index contributed by atoms with van der Waals surface area (Å²) in [5.74, 6) is -1.10. The molecule has 1 aliphatic heterocycles. The van der Waals surface area contributed by atoms with Crippen LogP contribution in [0.4, 0.5) is 5.69 Å². The fraction of sp³-hybridized carbons (Fsp3) is 0.0357. The number of aromatic nitrogens is 1. The normalized spacial score (nSPS) is 13.4. The van der Waals surface area contributed by atoms with Crippen molar-refractivity contribution >= 4 is 40.8 Å². The number of carbonyl (C=O) groups excluding carboxylic acids is 1. The molecule has 0 spiro atoms. The zero-order chi connectivity index (χ0) is 25.4. The molecule has 2 heterocycles. The third kappa shape index (κ3) is 4.16. The van der Waals surface area contributed by atoms with Gasteiger partial charge in [-0.3, -0.25) is 4.79 Å². The number of benzene rings is 3. The minimum absolute atomic E-state index is 0.0141. The number of rotatable bonds is 5. The third-order valence-electron chi connectivity index (χ3n) is 5.86. The van der Waals surface area contributed by atoms with Crippen LogP contribution in [0.1, 0.15) is 21.6 Å². The molecule has 1 aliphatic rings. The molecule has 4 aromatic rings. The number of pyridine rings is 1. The second kappa shape index (κ2) is 9.20. The van der Waals surface area contributed by atoms with Crippen LogP contribution in [0.5, 0.6) is 11.5 Å². The average molecular weight is 499 g/mol. The summed E-state index contributed by atoms with van der Waals surface area (Å²) in [7, 11) is 1.39. The Morgan fingerprint density at radius 2 is 1.72 bits per heavy atom. The number of aromatic carboxylic acids is 1. The van der Waals surface area contributed by atoms with Gasteiger partial charge in [-0.2, -0.15) is 0 Å². The van der Waals surface area contributed by atoms with Crippen molar-refractivity contribution in [2.45, 2.75) is 0 Å². The number of halogens is 1. The monoisotopic (exact) mass is 498 g/mol. The van der Waals surface area contributed by atoms with E-state index in [0.717, 1.165) is 11.1 Å². The molecule has 7 nitrogen and oxygen atoms in total. The smallest absolute Gasteiger partial charge is 0.339 e. The molecule has 1 amide bonds. The molecule has 3 aromatic carbocycles. The molecule has 0 fully saturated rings.